The fourth-order valence-corrected chi connectivity index (χ4v) is 1.80. The van der Waals surface area contributed by atoms with Crippen molar-refractivity contribution in [3.8, 4) is 0 Å². The minimum atomic E-state index is -0.528. The van der Waals surface area contributed by atoms with Crippen molar-refractivity contribution in [1.82, 2.24) is 10.2 Å². The van der Waals surface area contributed by atoms with Crippen LogP contribution in [0.4, 0.5) is 10.5 Å². The lowest BCUT2D eigenvalue weighted by Gasteiger charge is -2.13. The van der Waals surface area contributed by atoms with Crippen molar-refractivity contribution in [3.05, 3.63) is 29.3 Å². The summed E-state index contributed by atoms with van der Waals surface area (Å²) in [7, 11) is 0. The molecular weight excluding hydrogens is 246 g/mol. The van der Waals surface area contributed by atoms with Crippen LogP contribution in [-0.4, -0.2) is 35.8 Å². The van der Waals surface area contributed by atoms with Gasteiger partial charge >= 0.3 is 6.03 Å². The Balaban J connectivity index is 1.96. The van der Waals surface area contributed by atoms with Gasteiger partial charge in [0.25, 0.3) is 0 Å². The Labute approximate surface area is 110 Å². The van der Waals surface area contributed by atoms with Crippen LogP contribution in [0.5, 0.6) is 0 Å². The van der Waals surface area contributed by atoms with Gasteiger partial charge in [-0.1, -0.05) is 6.07 Å². The minimum Gasteiger partial charge on any atom is -0.325 e. The predicted molar refractivity (Wildman–Crippen MR) is 69.7 cm³/mol. The number of urea groups is 1. The van der Waals surface area contributed by atoms with E-state index in [2.05, 4.69) is 10.6 Å². The van der Waals surface area contributed by atoms with Gasteiger partial charge in [-0.25, -0.2) is 4.79 Å². The molecule has 0 atom stereocenters. The van der Waals surface area contributed by atoms with Gasteiger partial charge in [-0.3, -0.25) is 14.9 Å². The number of carbonyl (C=O) groups is 3. The number of anilines is 1. The highest BCUT2D eigenvalue weighted by Crippen LogP contribution is 2.14. The number of rotatable bonds is 3. The number of nitrogens with one attached hydrogen (secondary N) is 2. The molecule has 100 valence electrons. The number of hydrogen-bond acceptors (Lipinski definition) is 3. The monoisotopic (exact) mass is 261 g/mol. The fraction of sp³-hybridized carbons (Fsp3) is 0.308. The Morgan fingerprint density at radius 1 is 1.32 bits per heavy atom. The molecule has 0 saturated carbocycles. The second-order valence-electron chi connectivity index (χ2n) is 4.56. The molecule has 6 nitrogen and oxygen atoms in total. The number of carbonyl (C=O) groups excluding carboxylic acids is 3. The first-order chi connectivity index (χ1) is 8.95. The highest BCUT2D eigenvalue weighted by atomic mass is 16.2. The summed E-state index contributed by atoms with van der Waals surface area (Å²) < 4.78 is 0. The highest BCUT2D eigenvalue weighted by molar-refractivity contribution is 6.04. The van der Waals surface area contributed by atoms with Crippen LogP contribution in [0, 0.1) is 13.8 Å². The molecule has 0 aromatic heterocycles. The average Bonchev–Trinajstić information content (AvgIpc) is 2.62. The lowest BCUT2D eigenvalue weighted by atomic mass is 10.1. The molecule has 0 bridgehead atoms. The van der Waals surface area contributed by atoms with Gasteiger partial charge in [0, 0.05) is 5.69 Å². The van der Waals surface area contributed by atoms with Crippen LogP contribution in [0.2, 0.25) is 0 Å². The summed E-state index contributed by atoms with van der Waals surface area (Å²) in [6.45, 7) is 3.74. The van der Waals surface area contributed by atoms with E-state index in [0.29, 0.717) is 5.69 Å². The van der Waals surface area contributed by atoms with Gasteiger partial charge < -0.3 is 10.2 Å². The van der Waals surface area contributed by atoms with Crippen LogP contribution in [0.3, 0.4) is 0 Å². The Morgan fingerprint density at radius 2 is 2.05 bits per heavy atom. The summed E-state index contributed by atoms with van der Waals surface area (Å²) in [4.78, 5) is 35.2. The molecule has 1 saturated heterocycles. The van der Waals surface area contributed by atoms with Gasteiger partial charge in [-0.2, -0.15) is 0 Å². The topological polar surface area (TPSA) is 78.5 Å². The van der Waals surface area contributed by atoms with E-state index in [-0.39, 0.29) is 24.9 Å². The molecule has 2 rings (SSSR count). The maximum absolute atomic E-state index is 11.8. The first-order valence-corrected chi connectivity index (χ1v) is 5.91. The van der Waals surface area contributed by atoms with Crippen molar-refractivity contribution in [2.24, 2.45) is 0 Å². The van der Waals surface area contributed by atoms with E-state index >= 15 is 0 Å². The number of hydrogen-bond donors (Lipinski definition) is 2. The Kier molecular flexibility index (Phi) is 3.50. The molecule has 1 aliphatic heterocycles. The van der Waals surface area contributed by atoms with E-state index in [0.717, 1.165) is 11.1 Å². The molecule has 0 radical (unpaired) electrons. The first-order valence-electron chi connectivity index (χ1n) is 5.91. The summed E-state index contributed by atoms with van der Waals surface area (Å²) in [5, 5.41) is 4.82. The largest absolute Gasteiger partial charge is 0.325 e. The molecule has 4 amide bonds. The summed E-state index contributed by atoms with van der Waals surface area (Å²) in [6.07, 6.45) is 0. The fourth-order valence-electron chi connectivity index (χ4n) is 1.80. The lowest BCUT2D eigenvalue weighted by Crippen LogP contribution is -2.35. The van der Waals surface area contributed by atoms with Crippen molar-refractivity contribution >= 4 is 23.5 Å². The van der Waals surface area contributed by atoms with Gasteiger partial charge in [-0.05, 0) is 37.1 Å². The minimum absolute atomic E-state index is 0.0703. The third-order valence-corrected chi connectivity index (χ3v) is 2.99. The maximum Gasteiger partial charge on any atom is 0.325 e. The molecule has 1 fully saturated rings. The van der Waals surface area contributed by atoms with E-state index in [1.54, 1.807) is 6.07 Å². The SMILES string of the molecule is Cc1ccc(NC(=O)CN2CC(=O)NC2=O)cc1C. The van der Waals surface area contributed by atoms with Crippen LogP contribution < -0.4 is 10.6 Å². The molecule has 19 heavy (non-hydrogen) atoms. The molecule has 0 unspecified atom stereocenters. The van der Waals surface area contributed by atoms with E-state index in [1.807, 2.05) is 26.0 Å². The number of amides is 4. The summed E-state index contributed by atoms with van der Waals surface area (Å²) >= 11 is 0. The molecular formula is C13H15N3O3. The first kappa shape index (κ1) is 13.1. The van der Waals surface area contributed by atoms with Crippen LogP contribution >= 0.6 is 0 Å². The zero-order valence-corrected chi connectivity index (χ0v) is 10.8. The van der Waals surface area contributed by atoms with Crippen LogP contribution in [0.1, 0.15) is 11.1 Å². The number of benzene rings is 1. The zero-order valence-electron chi connectivity index (χ0n) is 10.8. The Morgan fingerprint density at radius 3 is 2.63 bits per heavy atom. The van der Waals surface area contributed by atoms with Crippen molar-refractivity contribution in [2.75, 3.05) is 18.4 Å². The van der Waals surface area contributed by atoms with Crippen molar-refractivity contribution < 1.29 is 14.4 Å². The zero-order chi connectivity index (χ0) is 14.0. The Bertz CT molecular complexity index is 554. The van der Waals surface area contributed by atoms with E-state index in [1.165, 1.54) is 4.90 Å². The molecule has 6 heteroatoms. The second-order valence-corrected chi connectivity index (χ2v) is 4.56. The third-order valence-electron chi connectivity index (χ3n) is 2.99. The number of nitrogens with zero attached hydrogens (tertiary/aromatic N) is 1. The standard InChI is InChI=1S/C13H15N3O3/c1-8-3-4-10(5-9(8)2)14-11(17)6-16-7-12(18)15-13(16)19/h3-5H,6-7H2,1-2H3,(H,14,17)(H,15,18,19). The number of aryl methyl sites for hydroxylation is 2. The molecule has 1 heterocycles. The van der Waals surface area contributed by atoms with Crippen molar-refractivity contribution in [2.45, 2.75) is 13.8 Å². The molecule has 0 aliphatic carbocycles. The quantitative estimate of drug-likeness (QED) is 0.790. The van der Waals surface area contributed by atoms with Gasteiger partial charge in [0.05, 0.1) is 0 Å². The second kappa shape index (κ2) is 5.09. The van der Waals surface area contributed by atoms with E-state index in [4.69, 9.17) is 0 Å². The normalized spacial score (nSPS) is 14.5. The third kappa shape index (κ3) is 3.09. The molecule has 1 aromatic rings. The van der Waals surface area contributed by atoms with Crippen LogP contribution in [0.15, 0.2) is 18.2 Å². The summed E-state index contributed by atoms with van der Waals surface area (Å²) in [5.74, 6) is -0.711. The Hall–Kier alpha value is -2.37. The highest BCUT2D eigenvalue weighted by Gasteiger charge is 2.28. The number of imide groups is 1. The summed E-state index contributed by atoms with van der Waals surface area (Å²) in [5.41, 5.74) is 2.90. The molecule has 2 N–H and O–H groups in total. The van der Waals surface area contributed by atoms with Gasteiger partial charge in [0.2, 0.25) is 11.8 Å². The summed E-state index contributed by atoms with van der Waals surface area (Å²) in [6, 6.07) is 5.05. The van der Waals surface area contributed by atoms with Gasteiger partial charge in [-0.15, -0.1) is 0 Å². The van der Waals surface area contributed by atoms with Crippen molar-refractivity contribution in [1.29, 1.82) is 0 Å². The van der Waals surface area contributed by atoms with E-state index < -0.39 is 6.03 Å². The molecule has 1 aromatic carbocycles. The van der Waals surface area contributed by atoms with Gasteiger partial charge in [0.1, 0.15) is 13.1 Å². The van der Waals surface area contributed by atoms with Crippen molar-refractivity contribution in [3.63, 3.8) is 0 Å². The maximum atomic E-state index is 11.8. The van der Waals surface area contributed by atoms with Crippen LogP contribution in [-0.2, 0) is 9.59 Å². The molecule has 1 aliphatic rings. The molecule has 0 spiro atoms. The average molecular weight is 261 g/mol. The lowest BCUT2D eigenvalue weighted by molar-refractivity contribution is -0.119. The van der Waals surface area contributed by atoms with E-state index in [9.17, 15) is 14.4 Å². The predicted octanol–water partition coefficient (Wildman–Crippen LogP) is 0.794. The van der Waals surface area contributed by atoms with Gasteiger partial charge in [0.15, 0.2) is 0 Å². The smallest absolute Gasteiger partial charge is 0.325 e. The van der Waals surface area contributed by atoms with Crippen LogP contribution in [0.25, 0.3) is 0 Å².